The average molecular weight is 265 g/mol. The molecule has 0 saturated heterocycles. The summed E-state index contributed by atoms with van der Waals surface area (Å²) in [5.41, 5.74) is -4.47. The van der Waals surface area contributed by atoms with E-state index in [9.17, 15) is 17.6 Å². The van der Waals surface area contributed by atoms with E-state index < -0.39 is 23.1 Å². The van der Waals surface area contributed by atoms with Gasteiger partial charge in [-0.1, -0.05) is 23.2 Å². The smallest absolute Gasteiger partial charge is 0.205 e. The maximum atomic E-state index is 12.7. The van der Waals surface area contributed by atoms with E-state index >= 15 is 0 Å². The molecule has 0 heterocycles. The fourth-order valence-electron chi connectivity index (χ4n) is 0.707. The van der Waals surface area contributed by atoms with Gasteiger partial charge in [-0.2, -0.15) is 13.2 Å². The van der Waals surface area contributed by atoms with E-state index in [0.717, 1.165) is 12.1 Å². The lowest BCUT2D eigenvalue weighted by Crippen LogP contribution is -1.99. The predicted molar refractivity (Wildman–Crippen MR) is 48.3 cm³/mol. The van der Waals surface area contributed by atoms with Gasteiger partial charge in [-0.05, 0) is 23.9 Å². The summed E-state index contributed by atoms with van der Waals surface area (Å²) in [5.74, 6) is -0.844. The zero-order chi connectivity index (χ0) is 10.9. The van der Waals surface area contributed by atoms with Crippen molar-refractivity contribution in [3.63, 3.8) is 0 Å². The summed E-state index contributed by atoms with van der Waals surface area (Å²) in [6, 6.07) is 1.59. The van der Waals surface area contributed by atoms with Crippen LogP contribution >= 0.6 is 35.0 Å². The molecule has 0 aliphatic carbocycles. The largest absolute Gasteiger partial charge is 0.446 e. The zero-order valence-corrected chi connectivity index (χ0v) is 8.66. The van der Waals surface area contributed by atoms with Crippen LogP contribution in [0.4, 0.5) is 17.6 Å². The van der Waals surface area contributed by atoms with Crippen molar-refractivity contribution in [1.82, 2.24) is 0 Å². The molecule has 0 aromatic heterocycles. The lowest BCUT2D eigenvalue weighted by Gasteiger charge is -2.07. The summed E-state index contributed by atoms with van der Waals surface area (Å²) >= 11 is 10.3. The fraction of sp³-hybridized carbons (Fsp3) is 0.143. The van der Waals surface area contributed by atoms with Gasteiger partial charge in [-0.15, -0.1) is 0 Å². The zero-order valence-electron chi connectivity index (χ0n) is 6.33. The van der Waals surface area contributed by atoms with E-state index in [1.807, 2.05) is 0 Å². The summed E-state index contributed by atoms with van der Waals surface area (Å²) in [6.07, 6.45) is 0. The first-order valence-corrected chi connectivity index (χ1v) is 4.77. The van der Waals surface area contributed by atoms with Gasteiger partial charge in [-0.25, -0.2) is 4.39 Å². The molecule has 0 bridgehead atoms. The number of rotatable bonds is 1. The molecule has 0 aliphatic rings. The molecule has 0 radical (unpaired) electrons. The van der Waals surface area contributed by atoms with Crippen LogP contribution in [0.1, 0.15) is 0 Å². The first-order chi connectivity index (χ1) is 6.29. The Morgan fingerprint density at radius 1 is 1.07 bits per heavy atom. The molecule has 0 aliphatic heterocycles. The van der Waals surface area contributed by atoms with Crippen LogP contribution in [-0.2, 0) is 0 Å². The topological polar surface area (TPSA) is 0 Å². The van der Waals surface area contributed by atoms with Crippen LogP contribution in [0, 0.1) is 5.82 Å². The summed E-state index contributed by atoms with van der Waals surface area (Å²) in [6.45, 7) is 0. The second-order valence-electron chi connectivity index (χ2n) is 2.24. The Kier molecular flexibility index (Phi) is 3.55. The molecule has 0 amide bonds. The highest BCUT2D eigenvalue weighted by atomic mass is 35.5. The quantitative estimate of drug-likeness (QED) is 0.401. The number of thioether (sulfide) groups is 1. The Morgan fingerprint density at radius 2 is 1.64 bits per heavy atom. The first kappa shape index (κ1) is 11.9. The highest BCUT2D eigenvalue weighted by Crippen LogP contribution is 2.41. The van der Waals surface area contributed by atoms with E-state index in [-0.39, 0.29) is 14.9 Å². The van der Waals surface area contributed by atoms with E-state index in [1.54, 1.807) is 0 Å². The summed E-state index contributed by atoms with van der Waals surface area (Å²) in [7, 11) is 0. The maximum absolute atomic E-state index is 12.7. The number of alkyl halides is 3. The highest BCUT2D eigenvalue weighted by molar-refractivity contribution is 8.00. The second-order valence-corrected chi connectivity index (χ2v) is 4.17. The molecular formula is C7H2Cl2F4S. The van der Waals surface area contributed by atoms with Gasteiger partial charge in [0.2, 0.25) is 0 Å². The van der Waals surface area contributed by atoms with Crippen molar-refractivity contribution in [2.45, 2.75) is 10.4 Å². The molecule has 0 unspecified atom stereocenters. The number of hydrogen-bond acceptors (Lipinski definition) is 1. The summed E-state index contributed by atoms with van der Waals surface area (Å²) in [5, 5.41) is -0.699. The van der Waals surface area contributed by atoms with Gasteiger partial charge in [0.25, 0.3) is 0 Å². The first-order valence-electron chi connectivity index (χ1n) is 3.20. The van der Waals surface area contributed by atoms with Gasteiger partial charge < -0.3 is 0 Å². The van der Waals surface area contributed by atoms with Gasteiger partial charge in [0.05, 0.1) is 10.0 Å². The van der Waals surface area contributed by atoms with Crippen molar-refractivity contribution in [2.75, 3.05) is 0 Å². The van der Waals surface area contributed by atoms with Crippen LogP contribution in [0.25, 0.3) is 0 Å². The van der Waals surface area contributed by atoms with Gasteiger partial charge in [-0.3, -0.25) is 0 Å². The maximum Gasteiger partial charge on any atom is 0.446 e. The lowest BCUT2D eigenvalue weighted by atomic mass is 10.3. The molecule has 0 N–H and O–H groups in total. The van der Waals surface area contributed by atoms with E-state index in [2.05, 4.69) is 0 Å². The minimum atomic E-state index is -4.47. The highest BCUT2D eigenvalue weighted by Gasteiger charge is 2.30. The van der Waals surface area contributed by atoms with E-state index in [1.165, 1.54) is 0 Å². The van der Waals surface area contributed by atoms with Gasteiger partial charge >= 0.3 is 5.51 Å². The molecule has 7 heteroatoms. The third-order valence-corrected chi connectivity index (χ3v) is 2.70. The standard InChI is InChI=1S/C7H2Cl2F4S/c8-3-2-6(14-7(11,12)13)4(9)1-5(3)10/h1-2H. The predicted octanol–water partition coefficient (Wildman–Crippen LogP) is 4.74. The number of hydrogen-bond donors (Lipinski definition) is 0. The van der Waals surface area contributed by atoms with Gasteiger partial charge in [0, 0.05) is 4.90 Å². The third kappa shape index (κ3) is 3.22. The summed E-state index contributed by atoms with van der Waals surface area (Å²) < 4.78 is 48.4. The van der Waals surface area contributed by atoms with Crippen molar-refractivity contribution in [3.8, 4) is 0 Å². The molecule has 78 valence electrons. The van der Waals surface area contributed by atoms with E-state index in [4.69, 9.17) is 23.2 Å². The molecule has 1 aromatic carbocycles. The van der Waals surface area contributed by atoms with Gasteiger partial charge in [0.15, 0.2) is 0 Å². The molecule has 14 heavy (non-hydrogen) atoms. The van der Waals surface area contributed by atoms with Crippen LogP contribution in [0.15, 0.2) is 17.0 Å². The van der Waals surface area contributed by atoms with Gasteiger partial charge in [0.1, 0.15) is 5.82 Å². The molecule has 0 nitrogen and oxygen atoms in total. The van der Waals surface area contributed by atoms with Crippen LogP contribution < -0.4 is 0 Å². The van der Waals surface area contributed by atoms with Crippen LogP contribution in [0.5, 0.6) is 0 Å². The lowest BCUT2D eigenvalue weighted by molar-refractivity contribution is -0.0328. The second kappa shape index (κ2) is 4.16. The minimum absolute atomic E-state index is 0.311. The molecule has 1 aromatic rings. The molecule has 0 fully saturated rings. The minimum Gasteiger partial charge on any atom is -0.205 e. The monoisotopic (exact) mass is 264 g/mol. The fourth-order valence-corrected chi connectivity index (χ4v) is 1.78. The molecule has 0 spiro atoms. The Balaban J connectivity index is 3.04. The molecule has 0 saturated carbocycles. The van der Waals surface area contributed by atoms with Crippen molar-refractivity contribution >= 4 is 35.0 Å². The number of benzene rings is 1. The normalized spacial score (nSPS) is 11.9. The third-order valence-electron chi connectivity index (χ3n) is 1.20. The Morgan fingerprint density at radius 3 is 2.14 bits per heavy atom. The van der Waals surface area contributed by atoms with Crippen molar-refractivity contribution in [2.24, 2.45) is 0 Å². The average Bonchev–Trinajstić information content (AvgIpc) is 1.97. The Labute approximate surface area is 91.2 Å². The summed E-state index contributed by atoms with van der Waals surface area (Å²) in [4.78, 5) is -0.314. The van der Waals surface area contributed by atoms with Crippen molar-refractivity contribution in [3.05, 3.63) is 28.0 Å². The van der Waals surface area contributed by atoms with Crippen LogP contribution in [0.3, 0.4) is 0 Å². The Bertz CT molecular complexity index is 350. The molecule has 1 rings (SSSR count). The number of halogens is 6. The molecule has 0 atom stereocenters. The van der Waals surface area contributed by atoms with E-state index in [0.29, 0.717) is 0 Å². The van der Waals surface area contributed by atoms with Crippen molar-refractivity contribution in [1.29, 1.82) is 0 Å². The SMILES string of the molecule is Fc1cc(Cl)c(SC(F)(F)F)cc1Cl. The Hall–Kier alpha value is -0.130. The molecular weight excluding hydrogens is 263 g/mol. The van der Waals surface area contributed by atoms with Crippen LogP contribution in [0.2, 0.25) is 10.0 Å². The van der Waals surface area contributed by atoms with Crippen molar-refractivity contribution < 1.29 is 17.6 Å². The van der Waals surface area contributed by atoms with Crippen LogP contribution in [-0.4, -0.2) is 5.51 Å².